The van der Waals surface area contributed by atoms with E-state index in [1.165, 1.54) is 0 Å². The molecule has 0 aliphatic heterocycles. The number of nitrogen functional groups attached to an aromatic ring is 1. The number of anilines is 1. The maximum absolute atomic E-state index is 11.9. The zero-order valence-corrected chi connectivity index (χ0v) is 12.1. The minimum Gasteiger partial charge on any atom is -0.462 e. The lowest BCUT2D eigenvalue weighted by Gasteiger charge is -2.07. The van der Waals surface area contributed by atoms with Crippen molar-refractivity contribution in [3.8, 4) is 0 Å². The minimum absolute atomic E-state index is 0.305. The van der Waals surface area contributed by atoms with Gasteiger partial charge in [-0.25, -0.2) is 4.79 Å². The van der Waals surface area contributed by atoms with Gasteiger partial charge >= 0.3 is 5.97 Å². The lowest BCUT2D eigenvalue weighted by Crippen LogP contribution is -2.11. The lowest BCUT2D eigenvalue weighted by atomic mass is 10.2. The van der Waals surface area contributed by atoms with Gasteiger partial charge in [-0.1, -0.05) is 0 Å². The summed E-state index contributed by atoms with van der Waals surface area (Å²) in [4.78, 5) is 11.9. The summed E-state index contributed by atoms with van der Waals surface area (Å²) < 4.78 is 7.65. The first-order valence-electron chi connectivity index (χ1n) is 5.77. The van der Waals surface area contributed by atoms with Crippen molar-refractivity contribution in [1.82, 2.24) is 9.78 Å². The van der Waals surface area contributed by atoms with Gasteiger partial charge < -0.3 is 10.5 Å². The fourth-order valence-electron chi connectivity index (χ4n) is 1.67. The highest BCUT2D eigenvalue weighted by molar-refractivity contribution is 9.10. The Morgan fingerprint density at radius 1 is 1.47 bits per heavy atom. The predicted octanol–water partition coefficient (Wildman–Crippen LogP) is 2.16. The molecule has 100 valence electrons. The van der Waals surface area contributed by atoms with Crippen LogP contribution in [0.1, 0.15) is 16.1 Å². The third-order valence-corrected chi connectivity index (χ3v) is 3.42. The molecular formula is C13H14BrN3O2. The summed E-state index contributed by atoms with van der Waals surface area (Å²) in [6.45, 7) is 0.305. The quantitative estimate of drug-likeness (QED) is 0.691. The van der Waals surface area contributed by atoms with Gasteiger partial charge in [0.2, 0.25) is 0 Å². The number of nitrogens with zero attached hydrogens (tertiary/aromatic N) is 2. The van der Waals surface area contributed by atoms with Crippen LogP contribution in [0.15, 0.2) is 34.9 Å². The molecule has 6 heteroatoms. The molecule has 1 aromatic heterocycles. The summed E-state index contributed by atoms with van der Waals surface area (Å²) in [6.07, 6.45) is 2.34. The largest absolute Gasteiger partial charge is 0.462 e. The summed E-state index contributed by atoms with van der Waals surface area (Å²) in [5.41, 5.74) is 7.63. The first-order valence-corrected chi connectivity index (χ1v) is 6.56. The average molecular weight is 324 g/mol. The molecule has 0 aliphatic rings. The van der Waals surface area contributed by atoms with E-state index in [4.69, 9.17) is 10.5 Å². The number of rotatable bonds is 4. The minimum atomic E-state index is -0.388. The molecule has 0 fully saturated rings. The van der Waals surface area contributed by atoms with E-state index in [1.54, 1.807) is 29.1 Å². The van der Waals surface area contributed by atoms with Crippen molar-refractivity contribution in [3.05, 3.63) is 46.2 Å². The Morgan fingerprint density at radius 2 is 2.26 bits per heavy atom. The molecule has 0 spiro atoms. The number of ether oxygens (including phenoxy) is 1. The van der Waals surface area contributed by atoms with Crippen LogP contribution in [0.25, 0.3) is 0 Å². The van der Waals surface area contributed by atoms with E-state index in [1.807, 2.05) is 13.1 Å². The normalized spacial score (nSPS) is 10.4. The van der Waals surface area contributed by atoms with Crippen LogP contribution in [-0.2, 0) is 18.2 Å². The van der Waals surface area contributed by atoms with Crippen LogP contribution >= 0.6 is 15.9 Å². The zero-order valence-electron chi connectivity index (χ0n) is 10.5. The van der Waals surface area contributed by atoms with Crippen LogP contribution in [0.3, 0.4) is 0 Å². The maximum atomic E-state index is 11.9. The highest BCUT2D eigenvalue weighted by Gasteiger charge is 2.12. The van der Waals surface area contributed by atoms with E-state index >= 15 is 0 Å². The van der Waals surface area contributed by atoms with E-state index in [0.717, 1.165) is 5.69 Å². The number of hydrogen-bond donors (Lipinski definition) is 1. The van der Waals surface area contributed by atoms with Crippen molar-refractivity contribution in [2.45, 2.75) is 6.42 Å². The average Bonchev–Trinajstić information content (AvgIpc) is 2.78. The van der Waals surface area contributed by atoms with Crippen molar-refractivity contribution < 1.29 is 9.53 Å². The Kier molecular flexibility index (Phi) is 4.21. The fourth-order valence-corrected chi connectivity index (χ4v) is 2.08. The number of nitrogens with two attached hydrogens (primary N) is 1. The van der Waals surface area contributed by atoms with Crippen LogP contribution in [0, 0.1) is 0 Å². The van der Waals surface area contributed by atoms with E-state index in [2.05, 4.69) is 21.0 Å². The molecule has 0 radical (unpaired) electrons. The van der Waals surface area contributed by atoms with Gasteiger partial charge in [-0.3, -0.25) is 4.68 Å². The first kappa shape index (κ1) is 13.6. The van der Waals surface area contributed by atoms with Crippen molar-refractivity contribution in [2.75, 3.05) is 12.3 Å². The number of carbonyl (C=O) groups excluding carboxylic acids is 1. The molecule has 0 bridgehead atoms. The van der Waals surface area contributed by atoms with Crippen molar-refractivity contribution in [2.24, 2.45) is 7.05 Å². The molecule has 19 heavy (non-hydrogen) atoms. The van der Waals surface area contributed by atoms with E-state index in [0.29, 0.717) is 28.8 Å². The number of carbonyl (C=O) groups is 1. The SMILES string of the molecule is Cn1nccc1CCOC(=O)c1cc(N)ccc1Br. The summed E-state index contributed by atoms with van der Waals surface area (Å²) in [5.74, 6) is -0.388. The number of benzene rings is 1. The highest BCUT2D eigenvalue weighted by Crippen LogP contribution is 2.20. The predicted molar refractivity (Wildman–Crippen MR) is 75.7 cm³/mol. The molecular weight excluding hydrogens is 310 g/mol. The maximum Gasteiger partial charge on any atom is 0.339 e. The van der Waals surface area contributed by atoms with Gasteiger partial charge in [0.05, 0.1) is 12.2 Å². The molecule has 1 aromatic carbocycles. The third kappa shape index (κ3) is 3.35. The number of aryl methyl sites for hydroxylation is 1. The third-order valence-electron chi connectivity index (χ3n) is 2.72. The smallest absolute Gasteiger partial charge is 0.339 e. The van der Waals surface area contributed by atoms with E-state index in [9.17, 15) is 4.79 Å². The molecule has 2 rings (SSSR count). The Morgan fingerprint density at radius 3 is 2.95 bits per heavy atom. The molecule has 2 aromatic rings. The summed E-state index contributed by atoms with van der Waals surface area (Å²) >= 11 is 3.30. The second-order valence-corrected chi connectivity index (χ2v) is 4.93. The number of hydrogen-bond acceptors (Lipinski definition) is 4. The lowest BCUT2D eigenvalue weighted by molar-refractivity contribution is 0.0506. The fraction of sp³-hybridized carbons (Fsp3) is 0.231. The van der Waals surface area contributed by atoms with Gasteiger partial charge in [0.25, 0.3) is 0 Å². The van der Waals surface area contributed by atoms with Gasteiger partial charge in [0.15, 0.2) is 0 Å². The first-order chi connectivity index (χ1) is 9.08. The number of esters is 1. The Hall–Kier alpha value is -1.82. The Labute approximate surface area is 119 Å². The summed E-state index contributed by atoms with van der Waals surface area (Å²) in [6, 6.07) is 6.93. The molecule has 1 heterocycles. The van der Waals surface area contributed by atoms with Gasteiger partial charge in [-0.15, -0.1) is 0 Å². The number of halogens is 1. The van der Waals surface area contributed by atoms with Crippen LogP contribution < -0.4 is 5.73 Å². The van der Waals surface area contributed by atoms with Crippen LogP contribution in [-0.4, -0.2) is 22.4 Å². The van der Waals surface area contributed by atoms with Crippen molar-refractivity contribution in [3.63, 3.8) is 0 Å². The van der Waals surface area contributed by atoms with Crippen molar-refractivity contribution in [1.29, 1.82) is 0 Å². The Balaban J connectivity index is 1.94. The van der Waals surface area contributed by atoms with Crippen LogP contribution in [0.5, 0.6) is 0 Å². The van der Waals surface area contributed by atoms with Gasteiger partial charge in [-0.05, 0) is 40.2 Å². The van der Waals surface area contributed by atoms with Gasteiger partial charge in [0.1, 0.15) is 0 Å². The van der Waals surface area contributed by atoms with Crippen LogP contribution in [0.4, 0.5) is 5.69 Å². The van der Waals surface area contributed by atoms with Gasteiger partial charge in [0, 0.05) is 35.5 Å². The molecule has 0 aliphatic carbocycles. The summed E-state index contributed by atoms with van der Waals surface area (Å²) in [7, 11) is 1.85. The van der Waals surface area contributed by atoms with Crippen molar-refractivity contribution >= 4 is 27.6 Å². The topological polar surface area (TPSA) is 70.1 Å². The molecule has 0 amide bonds. The molecule has 0 atom stereocenters. The summed E-state index contributed by atoms with van der Waals surface area (Å²) in [5, 5.41) is 4.05. The van der Waals surface area contributed by atoms with E-state index < -0.39 is 0 Å². The van der Waals surface area contributed by atoms with E-state index in [-0.39, 0.29) is 5.97 Å². The van der Waals surface area contributed by atoms with Gasteiger partial charge in [-0.2, -0.15) is 5.10 Å². The second-order valence-electron chi connectivity index (χ2n) is 4.07. The zero-order chi connectivity index (χ0) is 13.8. The molecule has 5 nitrogen and oxygen atoms in total. The Bertz CT molecular complexity index is 595. The standard InChI is InChI=1S/C13H14BrN3O2/c1-17-10(4-6-16-17)5-7-19-13(18)11-8-9(15)2-3-12(11)14/h2-4,6,8H,5,7,15H2,1H3. The highest BCUT2D eigenvalue weighted by atomic mass is 79.9. The molecule has 2 N–H and O–H groups in total. The van der Waals surface area contributed by atoms with Crippen LogP contribution in [0.2, 0.25) is 0 Å². The second kappa shape index (κ2) is 5.88. The molecule has 0 saturated heterocycles. The molecule has 0 saturated carbocycles. The molecule has 0 unspecified atom stereocenters. The number of aromatic nitrogens is 2. The monoisotopic (exact) mass is 323 g/mol.